The number of likely N-dealkylation sites (N-methyl/N-ethyl adjacent to an activating group) is 1. The Morgan fingerprint density at radius 3 is 2.56 bits per heavy atom. The summed E-state index contributed by atoms with van der Waals surface area (Å²) >= 11 is 0. The number of imidazole rings is 1. The molecule has 0 radical (unpaired) electrons. The maximum Gasteiger partial charge on any atom is 0.138 e. The minimum absolute atomic E-state index is 0.644. The van der Waals surface area contributed by atoms with E-state index in [0.29, 0.717) is 6.61 Å². The first kappa shape index (κ1) is 24.8. The second kappa shape index (κ2) is 10.7. The van der Waals surface area contributed by atoms with Crippen LogP contribution in [-0.4, -0.2) is 59.9 Å². The van der Waals surface area contributed by atoms with Crippen molar-refractivity contribution in [3.63, 3.8) is 0 Å². The Hall–Kier alpha value is -4.49. The normalized spacial score (nSPS) is 13.8. The van der Waals surface area contributed by atoms with Gasteiger partial charge in [-0.15, -0.1) is 0 Å². The molecule has 2 heterocycles. The number of rotatable bonds is 8. The summed E-state index contributed by atoms with van der Waals surface area (Å²) in [7, 11) is 5.67. The summed E-state index contributed by atoms with van der Waals surface area (Å²) in [6.07, 6.45) is 3.67. The van der Waals surface area contributed by atoms with E-state index in [1.54, 1.807) is 7.11 Å². The van der Waals surface area contributed by atoms with Gasteiger partial charge in [0.1, 0.15) is 25.3 Å². The van der Waals surface area contributed by atoms with E-state index < -0.39 is 0 Å². The molecule has 0 aliphatic heterocycles. The third kappa shape index (κ3) is 5.01. The van der Waals surface area contributed by atoms with Crippen LogP contribution in [0, 0.1) is 0 Å². The summed E-state index contributed by atoms with van der Waals surface area (Å²) in [5, 5.41) is 5.30. The summed E-state index contributed by atoms with van der Waals surface area (Å²) < 4.78 is 5.89. The zero-order valence-corrected chi connectivity index (χ0v) is 22.4. The molecule has 3 aromatic carbocycles. The van der Waals surface area contributed by atoms with Gasteiger partial charge < -0.3 is 19.5 Å². The molecule has 0 saturated heterocycles. The van der Waals surface area contributed by atoms with Gasteiger partial charge in [0.25, 0.3) is 0 Å². The monoisotopic (exact) mass is 517 g/mol. The van der Waals surface area contributed by atoms with Gasteiger partial charge in [-0.25, -0.2) is 4.98 Å². The molecule has 0 saturated carbocycles. The zero-order valence-electron chi connectivity index (χ0n) is 22.4. The van der Waals surface area contributed by atoms with Crippen molar-refractivity contribution in [2.24, 2.45) is 5.16 Å². The quantitative estimate of drug-likeness (QED) is 0.248. The lowest BCUT2D eigenvalue weighted by atomic mass is 9.99. The van der Waals surface area contributed by atoms with Crippen LogP contribution in [0.5, 0.6) is 5.75 Å². The minimum Gasteiger partial charge on any atom is -0.492 e. The molecule has 196 valence electrons. The van der Waals surface area contributed by atoms with Crippen LogP contribution in [0.25, 0.3) is 44.8 Å². The van der Waals surface area contributed by atoms with E-state index in [0.717, 1.165) is 81.2 Å². The molecule has 5 aromatic rings. The summed E-state index contributed by atoms with van der Waals surface area (Å²) in [6, 6.07) is 24.9. The molecular formula is C32H31N5O2. The number of nitrogens with one attached hydrogen (secondary N) is 1. The first-order valence-corrected chi connectivity index (χ1v) is 13.2. The molecule has 0 bridgehead atoms. The Morgan fingerprint density at radius 1 is 0.923 bits per heavy atom. The van der Waals surface area contributed by atoms with Gasteiger partial charge in [0.05, 0.1) is 22.6 Å². The number of pyridine rings is 1. The van der Waals surface area contributed by atoms with E-state index in [-0.39, 0.29) is 0 Å². The molecule has 6 rings (SSSR count). The van der Waals surface area contributed by atoms with E-state index in [9.17, 15) is 0 Å². The van der Waals surface area contributed by atoms with Crippen molar-refractivity contribution < 1.29 is 9.57 Å². The first-order chi connectivity index (χ1) is 19.1. The van der Waals surface area contributed by atoms with E-state index in [1.807, 2.05) is 50.6 Å². The van der Waals surface area contributed by atoms with Crippen molar-refractivity contribution in [1.29, 1.82) is 0 Å². The van der Waals surface area contributed by atoms with Crippen molar-refractivity contribution in [2.45, 2.75) is 12.8 Å². The van der Waals surface area contributed by atoms with Crippen molar-refractivity contribution in [3.8, 4) is 39.7 Å². The van der Waals surface area contributed by atoms with Crippen LogP contribution in [-0.2, 0) is 11.3 Å². The van der Waals surface area contributed by atoms with Crippen LogP contribution < -0.4 is 4.74 Å². The van der Waals surface area contributed by atoms with Crippen molar-refractivity contribution >= 4 is 16.6 Å². The molecule has 7 heteroatoms. The number of H-pyrrole nitrogens is 1. The van der Waals surface area contributed by atoms with Crippen LogP contribution in [0.3, 0.4) is 0 Å². The Balaban J connectivity index is 1.43. The topological polar surface area (TPSA) is 75.6 Å². The van der Waals surface area contributed by atoms with Gasteiger partial charge in [-0.05, 0) is 75.0 Å². The predicted molar refractivity (Wildman–Crippen MR) is 156 cm³/mol. The second-order valence-electron chi connectivity index (χ2n) is 9.95. The van der Waals surface area contributed by atoms with Crippen LogP contribution in [0.15, 0.2) is 84.1 Å². The molecule has 39 heavy (non-hydrogen) atoms. The Bertz CT molecular complexity index is 1650. The molecule has 0 spiro atoms. The number of aromatic nitrogens is 3. The maximum atomic E-state index is 5.89. The van der Waals surface area contributed by atoms with Gasteiger partial charge in [-0.2, -0.15) is 0 Å². The smallest absolute Gasteiger partial charge is 0.138 e. The third-order valence-corrected chi connectivity index (χ3v) is 7.08. The third-order valence-electron chi connectivity index (χ3n) is 7.08. The second-order valence-corrected chi connectivity index (χ2v) is 9.95. The van der Waals surface area contributed by atoms with Gasteiger partial charge in [0.15, 0.2) is 0 Å². The first-order valence-electron chi connectivity index (χ1n) is 13.2. The highest BCUT2D eigenvalue weighted by molar-refractivity contribution is 6.05. The summed E-state index contributed by atoms with van der Waals surface area (Å²) in [6.45, 7) is 1.51. The fraction of sp³-hybridized carbons (Fsp3) is 0.219. The summed E-state index contributed by atoms with van der Waals surface area (Å²) in [5.74, 6) is 1.66. The Morgan fingerprint density at radius 2 is 1.74 bits per heavy atom. The Kier molecular flexibility index (Phi) is 6.82. The molecule has 2 aromatic heterocycles. The van der Waals surface area contributed by atoms with Gasteiger partial charge in [0, 0.05) is 40.4 Å². The van der Waals surface area contributed by atoms with Gasteiger partial charge >= 0.3 is 0 Å². The summed E-state index contributed by atoms with van der Waals surface area (Å²) in [5.41, 5.74) is 9.37. The molecule has 1 aliphatic carbocycles. The molecule has 1 N–H and O–H groups in total. The van der Waals surface area contributed by atoms with Gasteiger partial charge in [0.2, 0.25) is 0 Å². The molecule has 1 aliphatic rings. The number of fused-ring (bicyclic) bond motifs is 2. The number of benzene rings is 3. The largest absolute Gasteiger partial charge is 0.492 e. The number of para-hydroxylation sites is 1. The highest BCUT2D eigenvalue weighted by Crippen LogP contribution is 2.38. The van der Waals surface area contributed by atoms with Crippen LogP contribution in [0.1, 0.15) is 17.5 Å². The van der Waals surface area contributed by atoms with Crippen LogP contribution in [0.4, 0.5) is 0 Å². The predicted octanol–water partition coefficient (Wildman–Crippen LogP) is 6.20. The fourth-order valence-corrected chi connectivity index (χ4v) is 5.10. The standard InChI is InChI=1S/C32H31N5O2/c1-37(2)18-19-39-24-12-8-21(9-13-24)32-34-30(23-10-14-25-22(20-23)11-15-29(25)36-38-3)31(35-32)27-16-17-33-28-7-5-4-6-26(27)28/h4-10,12-14,16-17,20H,11,15,18-19H2,1-3H3,(H,34,35). The number of ether oxygens (including phenoxy) is 1. The minimum atomic E-state index is 0.644. The van der Waals surface area contributed by atoms with Gasteiger partial charge in [-0.3, -0.25) is 4.98 Å². The Labute approximate surface area is 228 Å². The molecule has 0 amide bonds. The van der Waals surface area contributed by atoms with Crippen molar-refractivity contribution in [3.05, 3.63) is 90.1 Å². The van der Waals surface area contributed by atoms with E-state index in [2.05, 4.69) is 62.5 Å². The number of nitrogens with zero attached hydrogens (tertiary/aromatic N) is 4. The number of oxime groups is 1. The highest BCUT2D eigenvalue weighted by atomic mass is 16.6. The molecule has 0 fully saturated rings. The van der Waals surface area contributed by atoms with E-state index in [1.165, 1.54) is 5.56 Å². The number of aryl methyl sites for hydroxylation is 1. The van der Waals surface area contributed by atoms with Crippen LogP contribution in [0.2, 0.25) is 0 Å². The summed E-state index contributed by atoms with van der Waals surface area (Å²) in [4.78, 5) is 20.5. The van der Waals surface area contributed by atoms with E-state index in [4.69, 9.17) is 14.6 Å². The molecule has 0 unspecified atom stereocenters. The number of hydrogen-bond acceptors (Lipinski definition) is 6. The lowest BCUT2D eigenvalue weighted by Crippen LogP contribution is -2.19. The van der Waals surface area contributed by atoms with Gasteiger partial charge in [-0.1, -0.05) is 35.5 Å². The average Bonchev–Trinajstić information content (AvgIpc) is 3.58. The van der Waals surface area contributed by atoms with Crippen LogP contribution >= 0.6 is 0 Å². The zero-order chi connectivity index (χ0) is 26.8. The number of hydrogen-bond donors (Lipinski definition) is 1. The lowest BCUT2D eigenvalue weighted by molar-refractivity contribution is 0.213. The average molecular weight is 518 g/mol. The maximum absolute atomic E-state index is 5.89. The fourth-order valence-electron chi connectivity index (χ4n) is 5.10. The SMILES string of the molecule is CON=C1CCc2cc(-c3nc(-c4ccc(OCCN(C)C)cc4)[nH]c3-c3ccnc4ccccc34)ccc21. The highest BCUT2D eigenvalue weighted by Gasteiger charge is 2.22. The molecular weight excluding hydrogens is 486 g/mol. The van der Waals surface area contributed by atoms with Crippen molar-refractivity contribution in [1.82, 2.24) is 19.9 Å². The number of aromatic amines is 1. The lowest BCUT2D eigenvalue weighted by Gasteiger charge is -2.11. The van der Waals surface area contributed by atoms with E-state index >= 15 is 0 Å². The molecule has 0 atom stereocenters. The molecule has 7 nitrogen and oxygen atoms in total. The van der Waals surface area contributed by atoms with Crippen molar-refractivity contribution in [2.75, 3.05) is 34.4 Å².